The van der Waals surface area contributed by atoms with E-state index < -0.39 is 57.2 Å². The Morgan fingerprint density at radius 2 is 1.94 bits per heavy atom. The number of hydrogen-bond donors (Lipinski definition) is 6. The van der Waals surface area contributed by atoms with E-state index in [1.807, 2.05) is 42.1 Å². The summed E-state index contributed by atoms with van der Waals surface area (Å²) < 4.78 is 44.0. The number of nitrogens with two attached hydrogens (primary N) is 3. The third kappa shape index (κ3) is 7.86. The number of amides is 2. The van der Waals surface area contributed by atoms with E-state index in [9.17, 15) is 27.9 Å². The van der Waals surface area contributed by atoms with Crippen LogP contribution in [0.4, 0.5) is 5.13 Å². The number of thiazole rings is 1. The maximum atomic E-state index is 13.5. The molecular formula is C32H41N8O10S2+. The van der Waals surface area contributed by atoms with Gasteiger partial charge in [0.25, 0.3) is 17.4 Å². The minimum atomic E-state index is -5.03. The van der Waals surface area contributed by atoms with E-state index >= 15 is 0 Å². The van der Waals surface area contributed by atoms with Crippen molar-refractivity contribution in [1.29, 1.82) is 0 Å². The lowest BCUT2D eigenvalue weighted by Crippen LogP contribution is -2.76. The van der Waals surface area contributed by atoms with Gasteiger partial charge in [-0.1, -0.05) is 11.2 Å². The van der Waals surface area contributed by atoms with E-state index in [1.54, 1.807) is 6.07 Å². The second-order valence-corrected chi connectivity index (χ2v) is 15.1. The summed E-state index contributed by atoms with van der Waals surface area (Å²) in [6.45, 7) is 5.01. The topological polar surface area (TPSA) is 276 Å². The van der Waals surface area contributed by atoms with Crippen molar-refractivity contribution < 1.29 is 50.9 Å². The van der Waals surface area contributed by atoms with Gasteiger partial charge in [0.15, 0.2) is 28.8 Å². The molecule has 3 aromatic rings. The van der Waals surface area contributed by atoms with Gasteiger partial charge in [-0.25, -0.2) is 14.3 Å². The number of ether oxygens (including phenoxy) is 1. The number of carbonyl (C=O) groups excluding carboxylic acids is 2. The van der Waals surface area contributed by atoms with Gasteiger partial charge in [0.05, 0.1) is 5.54 Å². The first-order valence-corrected chi connectivity index (χ1v) is 18.3. The van der Waals surface area contributed by atoms with Gasteiger partial charge in [-0.2, -0.15) is 13.5 Å². The Kier molecular flexibility index (Phi) is 10.9. The van der Waals surface area contributed by atoms with Crippen LogP contribution < -0.4 is 31.8 Å². The molecule has 9 N–H and O–H groups in total. The van der Waals surface area contributed by atoms with E-state index in [0.29, 0.717) is 30.3 Å². The summed E-state index contributed by atoms with van der Waals surface area (Å²) >= 11 is 0.970. The molecule has 0 aliphatic carbocycles. The zero-order valence-electron chi connectivity index (χ0n) is 28.8. The highest BCUT2D eigenvalue weighted by atomic mass is 32.3. The van der Waals surface area contributed by atoms with E-state index in [2.05, 4.69) is 19.7 Å². The minimum Gasteiger partial charge on any atom is -0.485 e. The van der Waals surface area contributed by atoms with Crippen LogP contribution in [0.3, 0.4) is 0 Å². The van der Waals surface area contributed by atoms with Crippen molar-refractivity contribution in [2.75, 3.05) is 18.8 Å². The van der Waals surface area contributed by atoms with Crippen LogP contribution in [0.2, 0.25) is 0 Å². The average molecular weight is 762 g/mol. The van der Waals surface area contributed by atoms with Gasteiger partial charge in [-0.15, -0.1) is 15.6 Å². The number of nitrogen functional groups attached to an aromatic ring is 1. The normalized spacial score (nSPS) is 19.7. The molecule has 1 fully saturated rings. The van der Waals surface area contributed by atoms with Crippen molar-refractivity contribution in [3.05, 3.63) is 58.9 Å². The second-order valence-electron chi connectivity index (χ2n) is 13.2. The van der Waals surface area contributed by atoms with Crippen LogP contribution >= 0.6 is 11.3 Å². The van der Waals surface area contributed by atoms with Crippen molar-refractivity contribution in [2.24, 2.45) is 29.6 Å². The zero-order valence-corrected chi connectivity index (χ0v) is 30.4. The number of anilines is 1. The van der Waals surface area contributed by atoms with Crippen molar-refractivity contribution in [1.82, 2.24) is 15.4 Å². The number of nitrogens with one attached hydrogen (secondary N) is 1. The Balaban J connectivity index is 1.35. The molecule has 1 aromatic carbocycles. The molecule has 0 spiro atoms. The molecule has 18 nitrogen and oxygen atoms in total. The molecule has 1 saturated heterocycles. The van der Waals surface area contributed by atoms with E-state index in [-0.39, 0.29) is 23.2 Å². The Labute approximate surface area is 303 Å². The molecule has 2 amide bonds. The highest BCUT2D eigenvalue weighted by Gasteiger charge is 2.58. The Morgan fingerprint density at radius 1 is 1.25 bits per heavy atom. The van der Waals surface area contributed by atoms with Crippen LogP contribution in [-0.4, -0.2) is 88.0 Å². The van der Waals surface area contributed by atoms with E-state index in [4.69, 9.17) is 31.3 Å². The predicted molar refractivity (Wildman–Crippen MR) is 187 cm³/mol. The molecule has 280 valence electrons. The highest BCUT2D eigenvalue weighted by Crippen LogP contribution is 2.37. The molecule has 2 unspecified atom stereocenters. The number of hydrogen-bond acceptors (Lipinski definition) is 14. The number of pyridine rings is 1. The van der Waals surface area contributed by atoms with Crippen LogP contribution in [0.1, 0.15) is 44.1 Å². The SMILES string of the molecule is C[n+]1cc(-c2ccc3c(c2)CC[C@H](C(C)(O/N=C(\C(=O)NC2C(=O)N(OS(=O)(=O)O)C2(C)C)c2csc(N)n2)C(=O)O)O3)ccc1CC(CN)CN. The predicted octanol–water partition coefficient (Wildman–Crippen LogP) is 0.0907. The number of aliphatic carboxylic acids is 1. The molecule has 2 aliphatic heterocycles. The fraction of sp³-hybridized carbons (Fsp3) is 0.438. The molecule has 4 heterocycles. The van der Waals surface area contributed by atoms with Crippen molar-refractivity contribution >= 4 is 50.4 Å². The maximum absolute atomic E-state index is 13.5. The number of benzene rings is 1. The Morgan fingerprint density at radius 3 is 2.52 bits per heavy atom. The standard InChI is InChI=1S/C32H40N8O10S2/c1-31(2)26(28(42)40(31)50-52(45,46)47)37-27(41)25(22-16-51-30(35)36-22)38-49-32(3,29(43)44)24-10-7-19-12-18(6-9-23(19)48-24)20-5-8-21(39(4)15-20)11-17(13-33)14-34/h5-6,8-9,12,15-17,24,26H,7,10-11,13-14,33-34H2,1-4H3,(H4-,35,36,37,41,43,44,45,46,47)/p+1/b38-25-/t24-,26?,32?/m1/s1. The summed E-state index contributed by atoms with van der Waals surface area (Å²) in [5.41, 5.74) is 17.2. The van der Waals surface area contributed by atoms with Gasteiger partial charge >= 0.3 is 16.4 Å². The summed E-state index contributed by atoms with van der Waals surface area (Å²) in [6.07, 6.45) is 2.40. The molecule has 20 heteroatoms. The number of carbonyl (C=O) groups is 3. The van der Waals surface area contributed by atoms with Gasteiger partial charge in [-0.3, -0.25) is 14.1 Å². The minimum absolute atomic E-state index is 0.0624. The molecule has 0 bridgehead atoms. The lowest BCUT2D eigenvalue weighted by atomic mass is 9.84. The van der Waals surface area contributed by atoms with Crippen LogP contribution in [-0.2, 0) is 53.8 Å². The zero-order chi connectivity index (χ0) is 38.2. The first-order valence-electron chi connectivity index (χ1n) is 16.1. The van der Waals surface area contributed by atoms with E-state index in [0.717, 1.165) is 40.1 Å². The second kappa shape index (κ2) is 14.7. The molecular weight excluding hydrogens is 721 g/mol. The first-order chi connectivity index (χ1) is 24.4. The third-order valence-electron chi connectivity index (χ3n) is 9.21. The first kappa shape index (κ1) is 38.5. The number of carboxylic acid groups (broad SMARTS) is 1. The van der Waals surface area contributed by atoms with Gasteiger partial charge in [0.1, 0.15) is 24.5 Å². The summed E-state index contributed by atoms with van der Waals surface area (Å²) in [7, 11) is -3.07. The summed E-state index contributed by atoms with van der Waals surface area (Å²) in [5.74, 6) is -2.79. The molecule has 0 radical (unpaired) electrons. The monoisotopic (exact) mass is 761 g/mol. The molecule has 3 atom stereocenters. The van der Waals surface area contributed by atoms with Crippen molar-refractivity contribution in [3.8, 4) is 16.9 Å². The lowest BCUT2D eigenvalue weighted by Gasteiger charge is -2.50. The Bertz CT molecular complexity index is 2020. The molecule has 2 aliphatic rings. The number of β-lactam (4-membered cyclic amide) rings is 1. The average Bonchev–Trinajstić information content (AvgIpc) is 3.53. The van der Waals surface area contributed by atoms with Crippen LogP contribution in [0.15, 0.2) is 47.1 Å². The lowest BCUT2D eigenvalue weighted by molar-refractivity contribution is -0.679. The number of aryl methyl sites for hydroxylation is 2. The number of fused-ring (bicyclic) bond motifs is 1. The maximum Gasteiger partial charge on any atom is 0.418 e. The van der Waals surface area contributed by atoms with E-state index in [1.165, 1.54) is 26.2 Å². The number of aromatic nitrogens is 2. The smallest absolute Gasteiger partial charge is 0.418 e. The van der Waals surface area contributed by atoms with Gasteiger partial charge in [0.2, 0.25) is 0 Å². The summed E-state index contributed by atoms with van der Waals surface area (Å²) in [6, 6.07) is 8.35. The number of carboxylic acids is 1. The largest absolute Gasteiger partial charge is 0.485 e. The van der Waals surface area contributed by atoms with Gasteiger partial charge < -0.3 is 37.2 Å². The third-order valence-corrected chi connectivity index (χ3v) is 10.2. The van der Waals surface area contributed by atoms with Crippen LogP contribution in [0.5, 0.6) is 5.75 Å². The number of rotatable bonds is 14. The molecule has 52 heavy (non-hydrogen) atoms. The fourth-order valence-electron chi connectivity index (χ4n) is 5.93. The highest BCUT2D eigenvalue weighted by molar-refractivity contribution is 7.80. The van der Waals surface area contributed by atoms with Crippen LogP contribution in [0.25, 0.3) is 11.1 Å². The number of hydroxylamine groups is 2. The quantitative estimate of drug-likeness (QED) is 0.0418. The van der Waals surface area contributed by atoms with Crippen LogP contribution in [0, 0.1) is 5.92 Å². The summed E-state index contributed by atoms with van der Waals surface area (Å²) in [5, 5.41) is 18.5. The molecule has 5 rings (SSSR count). The van der Waals surface area contributed by atoms with Crippen molar-refractivity contribution in [2.45, 2.75) is 63.3 Å². The number of nitrogens with zero attached hydrogens (tertiary/aromatic N) is 4. The molecule has 2 aromatic heterocycles. The molecule has 0 saturated carbocycles. The van der Waals surface area contributed by atoms with Gasteiger partial charge in [0, 0.05) is 23.4 Å². The Hall–Kier alpha value is -4.73. The van der Waals surface area contributed by atoms with Crippen molar-refractivity contribution in [3.63, 3.8) is 0 Å². The van der Waals surface area contributed by atoms with Gasteiger partial charge in [-0.05, 0) is 81.9 Å². The summed E-state index contributed by atoms with van der Waals surface area (Å²) in [4.78, 5) is 48.6. The number of oxime groups is 1. The fourth-order valence-corrected chi connectivity index (χ4v) is 6.93.